The molecule has 0 fully saturated rings. The minimum absolute atomic E-state index is 0.251. The molecule has 0 radical (unpaired) electrons. The zero-order valence-corrected chi connectivity index (χ0v) is 16.9. The van der Waals surface area contributed by atoms with Gasteiger partial charge in [0.25, 0.3) is 5.91 Å². The topological polar surface area (TPSA) is 72.7 Å². The number of ether oxygens (including phenoxy) is 1. The van der Waals surface area contributed by atoms with E-state index in [-0.39, 0.29) is 11.9 Å². The average Bonchev–Trinajstić information content (AvgIpc) is 3.00. The second-order valence-electron chi connectivity index (χ2n) is 6.72. The number of benzene rings is 2. The van der Waals surface area contributed by atoms with Gasteiger partial charge in [-0.3, -0.25) is 4.79 Å². The van der Waals surface area contributed by atoms with E-state index in [2.05, 4.69) is 10.5 Å². The second-order valence-corrected chi connectivity index (χ2v) is 6.72. The monoisotopic (exact) mass is 389 g/mol. The number of amides is 1. The standard InChI is InChI=1S/C23H23N3O3/c1-15-8-5-6-11-21(15)22(27)25-24-14-19-12-16(2)26(17(19)3)20-10-7-9-18(13-20)23(28)29-4/h5-14H,1-4H3,(H,25,27)/b24-14+. The summed E-state index contributed by atoms with van der Waals surface area (Å²) >= 11 is 0. The predicted molar refractivity (Wildman–Crippen MR) is 113 cm³/mol. The molecule has 0 saturated carbocycles. The third kappa shape index (κ3) is 4.27. The fourth-order valence-electron chi connectivity index (χ4n) is 3.25. The Kier molecular flexibility index (Phi) is 5.93. The summed E-state index contributed by atoms with van der Waals surface area (Å²) in [4.78, 5) is 24.1. The number of aryl methyl sites for hydroxylation is 2. The first-order valence-corrected chi connectivity index (χ1v) is 9.19. The molecular formula is C23H23N3O3. The summed E-state index contributed by atoms with van der Waals surface area (Å²) in [6.45, 7) is 5.82. The number of hydrogen-bond acceptors (Lipinski definition) is 4. The summed E-state index contributed by atoms with van der Waals surface area (Å²) in [5, 5.41) is 4.12. The lowest BCUT2D eigenvalue weighted by Crippen LogP contribution is -2.18. The Balaban J connectivity index is 1.83. The van der Waals surface area contributed by atoms with Gasteiger partial charge < -0.3 is 9.30 Å². The van der Waals surface area contributed by atoms with Crippen molar-refractivity contribution in [1.82, 2.24) is 9.99 Å². The average molecular weight is 389 g/mol. The van der Waals surface area contributed by atoms with Crippen molar-refractivity contribution in [3.8, 4) is 5.69 Å². The SMILES string of the molecule is COC(=O)c1cccc(-n2c(C)cc(/C=N/NC(=O)c3ccccc3C)c2C)c1. The van der Waals surface area contributed by atoms with Crippen LogP contribution in [0.25, 0.3) is 5.69 Å². The number of nitrogens with zero attached hydrogens (tertiary/aromatic N) is 2. The highest BCUT2D eigenvalue weighted by Crippen LogP contribution is 2.21. The first kappa shape index (κ1) is 20.1. The molecule has 0 aliphatic carbocycles. The molecule has 6 heteroatoms. The van der Waals surface area contributed by atoms with E-state index in [1.807, 2.05) is 61.7 Å². The Labute approximate surface area is 169 Å². The lowest BCUT2D eigenvalue weighted by molar-refractivity contribution is 0.0600. The van der Waals surface area contributed by atoms with Gasteiger partial charge in [-0.15, -0.1) is 0 Å². The molecule has 0 spiro atoms. The van der Waals surface area contributed by atoms with E-state index in [0.29, 0.717) is 11.1 Å². The lowest BCUT2D eigenvalue weighted by atomic mass is 10.1. The first-order valence-electron chi connectivity index (χ1n) is 9.19. The summed E-state index contributed by atoms with van der Waals surface area (Å²) in [6.07, 6.45) is 1.62. The van der Waals surface area contributed by atoms with Gasteiger partial charge in [0.2, 0.25) is 0 Å². The van der Waals surface area contributed by atoms with Crippen LogP contribution >= 0.6 is 0 Å². The number of methoxy groups -OCH3 is 1. The summed E-state index contributed by atoms with van der Waals surface area (Å²) in [7, 11) is 1.36. The Morgan fingerprint density at radius 2 is 1.79 bits per heavy atom. The number of aromatic nitrogens is 1. The molecule has 29 heavy (non-hydrogen) atoms. The molecule has 0 atom stereocenters. The highest BCUT2D eigenvalue weighted by Gasteiger charge is 2.12. The number of esters is 1. The van der Waals surface area contributed by atoms with E-state index in [0.717, 1.165) is 28.2 Å². The van der Waals surface area contributed by atoms with Crippen LogP contribution in [0.2, 0.25) is 0 Å². The van der Waals surface area contributed by atoms with Gasteiger partial charge >= 0.3 is 5.97 Å². The fraction of sp³-hybridized carbons (Fsp3) is 0.174. The van der Waals surface area contributed by atoms with E-state index in [1.165, 1.54) is 7.11 Å². The zero-order chi connectivity index (χ0) is 21.0. The molecule has 0 unspecified atom stereocenters. The normalized spacial score (nSPS) is 10.9. The van der Waals surface area contributed by atoms with Crippen molar-refractivity contribution in [1.29, 1.82) is 0 Å². The quantitative estimate of drug-likeness (QED) is 0.408. The van der Waals surface area contributed by atoms with Crippen LogP contribution in [-0.2, 0) is 4.74 Å². The fourth-order valence-corrected chi connectivity index (χ4v) is 3.25. The van der Waals surface area contributed by atoms with Crippen LogP contribution in [0.5, 0.6) is 0 Å². The number of hydrogen-bond donors (Lipinski definition) is 1. The maximum atomic E-state index is 12.3. The van der Waals surface area contributed by atoms with E-state index < -0.39 is 0 Å². The van der Waals surface area contributed by atoms with E-state index in [1.54, 1.807) is 24.4 Å². The molecule has 2 aromatic carbocycles. The summed E-state index contributed by atoms with van der Waals surface area (Å²) in [5.41, 5.74) is 8.20. The third-order valence-corrected chi connectivity index (χ3v) is 4.76. The molecule has 3 rings (SSSR count). The van der Waals surface area contributed by atoms with Crippen LogP contribution in [-0.4, -0.2) is 29.8 Å². The van der Waals surface area contributed by atoms with Gasteiger partial charge in [0.15, 0.2) is 0 Å². The zero-order valence-electron chi connectivity index (χ0n) is 16.9. The van der Waals surface area contributed by atoms with Crippen LogP contribution in [0.1, 0.15) is 43.2 Å². The Morgan fingerprint density at radius 1 is 1.03 bits per heavy atom. The molecule has 0 bridgehead atoms. The van der Waals surface area contributed by atoms with Crippen molar-refractivity contribution in [3.05, 3.63) is 88.2 Å². The van der Waals surface area contributed by atoms with Crippen molar-refractivity contribution in [2.75, 3.05) is 7.11 Å². The number of rotatable bonds is 5. The van der Waals surface area contributed by atoms with Gasteiger partial charge in [-0.25, -0.2) is 10.2 Å². The number of carbonyl (C=O) groups excluding carboxylic acids is 2. The Morgan fingerprint density at radius 3 is 2.52 bits per heavy atom. The molecule has 0 aliphatic heterocycles. The highest BCUT2D eigenvalue weighted by atomic mass is 16.5. The predicted octanol–water partition coefficient (Wildman–Crippen LogP) is 3.95. The summed E-state index contributed by atoms with van der Waals surface area (Å²) in [5.74, 6) is -0.631. The smallest absolute Gasteiger partial charge is 0.337 e. The van der Waals surface area contributed by atoms with Gasteiger partial charge in [-0.05, 0) is 56.7 Å². The number of nitrogens with one attached hydrogen (secondary N) is 1. The van der Waals surface area contributed by atoms with Gasteiger partial charge in [0.05, 0.1) is 18.9 Å². The van der Waals surface area contributed by atoms with E-state index >= 15 is 0 Å². The third-order valence-electron chi connectivity index (χ3n) is 4.76. The molecule has 6 nitrogen and oxygen atoms in total. The van der Waals surface area contributed by atoms with Crippen molar-refractivity contribution in [2.24, 2.45) is 5.10 Å². The van der Waals surface area contributed by atoms with E-state index in [9.17, 15) is 9.59 Å². The van der Waals surface area contributed by atoms with Crippen molar-refractivity contribution in [2.45, 2.75) is 20.8 Å². The molecular weight excluding hydrogens is 366 g/mol. The van der Waals surface area contributed by atoms with Gasteiger partial charge in [0, 0.05) is 28.2 Å². The maximum Gasteiger partial charge on any atom is 0.337 e. The molecule has 1 N–H and O–H groups in total. The van der Waals surface area contributed by atoms with Gasteiger partial charge in [0.1, 0.15) is 0 Å². The van der Waals surface area contributed by atoms with Crippen LogP contribution in [0.15, 0.2) is 59.7 Å². The van der Waals surface area contributed by atoms with Crippen molar-refractivity contribution in [3.63, 3.8) is 0 Å². The lowest BCUT2D eigenvalue weighted by Gasteiger charge is -2.11. The van der Waals surface area contributed by atoms with Crippen LogP contribution in [0.4, 0.5) is 0 Å². The maximum absolute atomic E-state index is 12.3. The number of carbonyl (C=O) groups is 2. The van der Waals surface area contributed by atoms with Crippen LogP contribution < -0.4 is 5.43 Å². The largest absolute Gasteiger partial charge is 0.465 e. The summed E-state index contributed by atoms with van der Waals surface area (Å²) < 4.78 is 6.83. The minimum Gasteiger partial charge on any atom is -0.465 e. The second kappa shape index (κ2) is 8.56. The summed E-state index contributed by atoms with van der Waals surface area (Å²) in [6, 6.07) is 16.6. The molecule has 0 aliphatic rings. The van der Waals surface area contributed by atoms with Crippen molar-refractivity contribution >= 4 is 18.1 Å². The Hall–Kier alpha value is -3.67. The first-order chi connectivity index (χ1) is 13.9. The molecule has 1 heterocycles. The number of hydrazone groups is 1. The minimum atomic E-state index is -0.380. The molecule has 1 aromatic heterocycles. The van der Waals surface area contributed by atoms with Crippen LogP contribution in [0.3, 0.4) is 0 Å². The molecule has 0 saturated heterocycles. The van der Waals surface area contributed by atoms with Crippen molar-refractivity contribution < 1.29 is 14.3 Å². The van der Waals surface area contributed by atoms with E-state index in [4.69, 9.17) is 4.74 Å². The van der Waals surface area contributed by atoms with Gasteiger partial charge in [-0.1, -0.05) is 24.3 Å². The van der Waals surface area contributed by atoms with Crippen LogP contribution in [0, 0.1) is 20.8 Å². The highest BCUT2D eigenvalue weighted by molar-refractivity contribution is 5.96. The molecule has 148 valence electrons. The molecule has 3 aromatic rings. The van der Waals surface area contributed by atoms with Gasteiger partial charge in [-0.2, -0.15) is 5.10 Å². The molecule has 1 amide bonds. The Bertz CT molecular complexity index is 1100.